The largest absolute Gasteiger partial charge is 0.354 e. The van der Waals surface area contributed by atoms with Gasteiger partial charge < -0.3 is 4.98 Å². The Kier molecular flexibility index (Phi) is 3.72. The van der Waals surface area contributed by atoms with Gasteiger partial charge in [-0.1, -0.05) is 11.6 Å². The van der Waals surface area contributed by atoms with E-state index >= 15 is 0 Å². The number of H-pyrrole nitrogens is 1. The average molecular weight is 367 g/mol. The number of benzene rings is 1. The average Bonchev–Trinajstić information content (AvgIpc) is 3.26. The molecule has 0 aliphatic carbocycles. The lowest BCUT2D eigenvalue weighted by Crippen LogP contribution is -2.27. The molecule has 0 radical (unpaired) electrons. The molecule has 1 fully saturated rings. The monoisotopic (exact) mass is 366 g/mol. The van der Waals surface area contributed by atoms with E-state index in [9.17, 15) is 8.42 Å². The number of aromatic amines is 1. The maximum Gasteiger partial charge on any atom is 0.243 e. The molecule has 0 unspecified atom stereocenters. The molecular weight excluding hydrogens is 352 g/mol. The Balaban J connectivity index is 1.76. The van der Waals surface area contributed by atoms with Gasteiger partial charge in [0.25, 0.3) is 0 Å². The fourth-order valence-electron chi connectivity index (χ4n) is 2.94. The van der Waals surface area contributed by atoms with Gasteiger partial charge in [-0.05, 0) is 49.2 Å². The quantitative estimate of drug-likeness (QED) is 0.749. The van der Waals surface area contributed by atoms with Gasteiger partial charge in [-0.25, -0.2) is 8.42 Å². The van der Waals surface area contributed by atoms with Gasteiger partial charge in [0.1, 0.15) is 0 Å². The molecule has 23 heavy (non-hydrogen) atoms. The van der Waals surface area contributed by atoms with Crippen molar-refractivity contribution in [3.05, 3.63) is 40.7 Å². The van der Waals surface area contributed by atoms with Crippen LogP contribution < -0.4 is 0 Å². The first-order valence-corrected chi connectivity index (χ1v) is 10.1. The molecule has 120 valence electrons. The van der Waals surface area contributed by atoms with Crippen LogP contribution in [0.2, 0.25) is 4.34 Å². The van der Waals surface area contributed by atoms with Gasteiger partial charge in [-0.3, -0.25) is 0 Å². The Bertz CT molecular complexity index is 969. The Labute approximate surface area is 143 Å². The van der Waals surface area contributed by atoms with Gasteiger partial charge in [-0.2, -0.15) is 4.31 Å². The first kappa shape index (κ1) is 15.2. The van der Waals surface area contributed by atoms with Crippen LogP contribution >= 0.6 is 22.9 Å². The lowest BCUT2D eigenvalue weighted by Gasteiger charge is -2.15. The van der Waals surface area contributed by atoms with E-state index in [1.165, 1.54) is 11.3 Å². The predicted octanol–water partition coefficient (Wildman–Crippen LogP) is 4.33. The van der Waals surface area contributed by atoms with Gasteiger partial charge in [0.15, 0.2) is 0 Å². The number of fused-ring (bicyclic) bond motifs is 1. The van der Waals surface area contributed by atoms with E-state index in [-0.39, 0.29) is 0 Å². The van der Waals surface area contributed by atoms with Crippen molar-refractivity contribution in [2.75, 3.05) is 13.1 Å². The molecule has 0 atom stereocenters. The lowest BCUT2D eigenvalue weighted by atomic mass is 10.2. The van der Waals surface area contributed by atoms with E-state index in [4.69, 9.17) is 11.6 Å². The van der Waals surface area contributed by atoms with Crippen molar-refractivity contribution in [1.29, 1.82) is 0 Å². The molecule has 1 aromatic carbocycles. The Morgan fingerprint density at radius 2 is 1.87 bits per heavy atom. The summed E-state index contributed by atoms with van der Waals surface area (Å²) in [6.45, 7) is 1.24. The van der Waals surface area contributed by atoms with Crippen molar-refractivity contribution in [2.24, 2.45) is 0 Å². The van der Waals surface area contributed by atoms with Gasteiger partial charge >= 0.3 is 0 Å². The molecule has 2 aromatic heterocycles. The topological polar surface area (TPSA) is 53.2 Å². The number of aromatic nitrogens is 1. The molecule has 3 heterocycles. The van der Waals surface area contributed by atoms with E-state index in [0.29, 0.717) is 18.0 Å². The first-order valence-electron chi connectivity index (χ1n) is 7.43. The van der Waals surface area contributed by atoms with Crippen LogP contribution in [0.25, 0.3) is 21.5 Å². The third kappa shape index (κ3) is 2.70. The van der Waals surface area contributed by atoms with E-state index < -0.39 is 10.0 Å². The standard InChI is InChI=1S/C16H15ClN2O2S2/c17-16-6-5-15(22-16)14-10-11-9-12(3-4-13(11)18-14)23(20,21)19-7-1-2-8-19/h3-6,9-10,18H,1-2,7-8H2. The Morgan fingerprint density at radius 1 is 1.09 bits per heavy atom. The smallest absolute Gasteiger partial charge is 0.243 e. The van der Waals surface area contributed by atoms with Crippen LogP contribution in [-0.2, 0) is 10.0 Å². The molecule has 0 amide bonds. The summed E-state index contributed by atoms with van der Waals surface area (Å²) in [7, 11) is -3.38. The molecule has 0 spiro atoms. The highest BCUT2D eigenvalue weighted by atomic mass is 35.5. The highest BCUT2D eigenvalue weighted by Crippen LogP contribution is 2.33. The number of halogens is 1. The zero-order valence-electron chi connectivity index (χ0n) is 12.3. The molecule has 4 rings (SSSR count). The zero-order chi connectivity index (χ0) is 16.0. The number of sulfonamides is 1. The van der Waals surface area contributed by atoms with Gasteiger partial charge in [0, 0.05) is 24.0 Å². The first-order chi connectivity index (χ1) is 11.0. The highest BCUT2D eigenvalue weighted by molar-refractivity contribution is 7.89. The summed E-state index contributed by atoms with van der Waals surface area (Å²) in [5.41, 5.74) is 1.87. The Hall–Kier alpha value is -1.34. The minimum atomic E-state index is -3.38. The molecule has 4 nitrogen and oxygen atoms in total. The van der Waals surface area contributed by atoms with Crippen molar-refractivity contribution >= 4 is 43.9 Å². The van der Waals surface area contributed by atoms with Crippen LogP contribution in [0.15, 0.2) is 41.3 Å². The molecule has 1 N–H and O–H groups in total. The molecule has 1 aliphatic heterocycles. The summed E-state index contributed by atoms with van der Waals surface area (Å²) >= 11 is 7.48. The number of hydrogen-bond donors (Lipinski definition) is 1. The molecule has 0 bridgehead atoms. The van der Waals surface area contributed by atoms with E-state index in [1.807, 2.05) is 24.3 Å². The van der Waals surface area contributed by atoms with Crippen LogP contribution in [0.3, 0.4) is 0 Å². The summed E-state index contributed by atoms with van der Waals surface area (Å²) in [6, 6.07) is 11.0. The number of nitrogens with one attached hydrogen (secondary N) is 1. The molecule has 3 aromatic rings. The maximum absolute atomic E-state index is 12.7. The SMILES string of the molecule is O=S(=O)(c1ccc2[nH]c(-c3ccc(Cl)s3)cc2c1)N1CCCC1. The fraction of sp³-hybridized carbons (Fsp3) is 0.250. The van der Waals surface area contributed by atoms with Crippen molar-refractivity contribution < 1.29 is 8.42 Å². The number of thiophene rings is 1. The second-order valence-electron chi connectivity index (χ2n) is 5.65. The van der Waals surface area contributed by atoms with Gasteiger partial charge in [-0.15, -0.1) is 11.3 Å². The van der Waals surface area contributed by atoms with Gasteiger partial charge in [0.05, 0.1) is 19.8 Å². The van der Waals surface area contributed by atoms with Crippen molar-refractivity contribution in [1.82, 2.24) is 9.29 Å². The number of nitrogens with zero attached hydrogens (tertiary/aromatic N) is 1. The summed E-state index contributed by atoms with van der Waals surface area (Å²) in [5.74, 6) is 0. The molecular formula is C16H15ClN2O2S2. The zero-order valence-corrected chi connectivity index (χ0v) is 14.6. The van der Waals surface area contributed by atoms with Crippen LogP contribution in [0.5, 0.6) is 0 Å². The Morgan fingerprint density at radius 3 is 2.57 bits per heavy atom. The minimum Gasteiger partial charge on any atom is -0.354 e. The van der Waals surface area contributed by atoms with Crippen molar-refractivity contribution in [3.63, 3.8) is 0 Å². The lowest BCUT2D eigenvalue weighted by molar-refractivity contribution is 0.477. The van der Waals surface area contributed by atoms with E-state index in [1.54, 1.807) is 16.4 Å². The van der Waals surface area contributed by atoms with Crippen LogP contribution in [0, 0.1) is 0 Å². The normalized spacial score (nSPS) is 16.4. The minimum absolute atomic E-state index is 0.363. The summed E-state index contributed by atoms with van der Waals surface area (Å²) in [4.78, 5) is 4.72. The maximum atomic E-state index is 12.7. The summed E-state index contributed by atoms with van der Waals surface area (Å²) < 4.78 is 27.6. The number of hydrogen-bond acceptors (Lipinski definition) is 3. The fourth-order valence-corrected chi connectivity index (χ4v) is 5.51. The predicted molar refractivity (Wildman–Crippen MR) is 94.6 cm³/mol. The molecule has 1 aliphatic rings. The highest BCUT2D eigenvalue weighted by Gasteiger charge is 2.27. The molecule has 7 heteroatoms. The summed E-state index contributed by atoms with van der Waals surface area (Å²) in [6.07, 6.45) is 1.88. The molecule has 1 saturated heterocycles. The van der Waals surface area contributed by atoms with Gasteiger partial charge in [0.2, 0.25) is 10.0 Å². The third-order valence-corrected chi connectivity index (χ3v) is 7.29. The van der Waals surface area contributed by atoms with Crippen molar-refractivity contribution in [3.8, 4) is 10.6 Å². The van der Waals surface area contributed by atoms with Crippen molar-refractivity contribution in [2.45, 2.75) is 17.7 Å². The van der Waals surface area contributed by atoms with Crippen LogP contribution in [0.1, 0.15) is 12.8 Å². The number of rotatable bonds is 3. The second-order valence-corrected chi connectivity index (χ2v) is 9.30. The third-order valence-electron chi connectivity index (χ3n) is 4.13. The van der Waals surface area contributed by atoms with Crippen LogP contribution in [0.4, 0.5) is 0 Å². The second kappa shape index (κ2) is 5.63. The van der Waals surface area contributed by atoms with E-state index in [0.717, 1.165) is 38.7 Å². The summed E-state index contributed by atoms with van der Waals surface area (Å²) in [5, 5.41) is 0.893. The van der Waals surface area contributed by atoms with E-state index in [2.05, 4.69) is 4.98 Å². The van der Waals surface area contributed by atoms with Crippen LogP contribution in [-0.4, -0.2) is 30.8 Å². The molecule has 0 saturated carbocycles.